The van der Waals surface area contributed by atoms with Crippen LogP contribution in [0.25, 0.3) is 11.3 Å². The Morgan fingerprint density at radius 2 is 2.15 bits per heavy atom. The number of carboxylic acid groups (broad SMARTS) is 1. The van der Waals surface area contributed by atoms with Crippen LogP contribution in [0.2, 0.25) is 0 Å². The first-order chi connectivity index (χ1) is 9.25. The molecule has 0 aliphatic carbocycles. The van der Waals surface area contributed by atoms with E-state index in [-0.39, 0.29) is 36.0 Å². The number of hydrogen-bond acceptors (Lipinski definition) is 5. The number of rotatable bonds is 7. The summed E-state index contributed by atoms with van der Waals surface area (Å²) in [5.74, 6) is -0.986. The van der Waals surface area contributed by atoms with Gasteiger partial charge in [0.2, 0.25) is 0 Å². The first-order valence-electron chi connectivity index (χ1n) is 6.26. The second kappa shape index (κ2) is 8.84. The van der Waals surface area contributed by atoms with Gasteiger partial charge in [-0.25, -0.2) is 0 Å². The van der Waals surface area contributed by atoms with Crippen LogP contribution in [0.3, 0.4) is 0 Å². The summed E-state index contributed by atoms with van der Waals surface area (Å²) in [6.07, 6.45) is 7.82. The summed E-state index contributed by atoms with van der Waals surface area (Å²) in [4.78, 5) is 14.3. The summed E-state index contributed by atoms with van der Waals surface area (Å²) in [6, 6.07) is 3.79. The van der Waals surface area contributed by atoms with E-state index < -0.39 is 5.97 Å². The number of aromatic nitrogens is 4. The number of pyridine rings is 1. The zero-order valence-corrected chi connectivity index (χ0v) is 13.5. The van der Waals surface area contributed by atoms with Gasteiger partial charge in [0.15, 0.2) is 0 Å². The molecule has 7 heteroatoms. The molecule has 0 unspecified atom stereocenters. The van der Waals surface area contributed by atoms with Crippen molar-refractivity contribution in [2.75, 3.05) is 0 Å². The topological polar surface area (TPSA) is 83.7 Å². The molecule has 0 amide bonds. The Bertz CT molecular complexity index is 530. The van der Waals surface area contributed by atoms with Gasteiger partial charge in [-0.1, -0.05) is 11.6 Å². The molecule has 2 heterocycles. The smallest absolute Gasteiger partial charge is 0.550 e. The van der Waals surface area contributed by atoms with Crippen molar-refractivity contribution in [2.45, 2.75) is 32.2 Å². The van der Waals surface area contributed by atoms with E-state index in [1.54, 1.807) is 17.1 Å². The number of carbonyl (C=O) groups is 1. The summed E-state index contributed by atoms with van der Waals surface area (Å²) in [5, 5.41) is 18.4. The molecule has 0 N–H and O–H groups in total. The Morgan fingerprint density at radius 3 is 2.85 bits per heavy atom. The molecule has 20 heavy (non-hydrogen) atoms. The average molecular weight is 282 g/mol. The molecule has 0 aliphatic heterocycles. The van der Waals surface area contributed by atoms with E-state index >= 15 is 0 Å². The molecular weight excluding hydrogens is 267 g/mol. The molecule has 0 atom stereocenters. The third-order valence-electron chi connectivity index (χ3n) is 2.76. The SMILES string of the molecule is O=C([O-])CCCCCn1cc(-c2cccnc2)nn1.[Na+]. The van der Waals surface area contributed by atoms with E-state index in [0.29, 0.717) is 6.42 Å². The quantitative estimate of drug-likeness (QED) is 0.419. The number of aryl methyl sites for hydroxylation is 1. The van der Waals surface area contributed by atoms with Crippen molar-refractivity contribution in [3.8, 4) is 11.3 Å². The molecule has 2 rings (SSSR count). The van der Waals surface area contributed by atoms with Gasteiger partial charge in [-0.3, -0.25) is 9.67 Å². The van der Waals surface area contributed by atoms with E-state index in [2.05, 4.69) is 15.3 Å². The molecule has 0 bridgehead atoms. The number of unbranched alkanes of at least 4 members (excludes halogenated alkanes) is 2. The first-order valence-corrected chi connectivity index (χ1v) is 6.26. The molecule has 0 spiro atoms. The van der Waals surface area contributed by atoms with Crippen molar-refractivity contribution >= 4 is 5.97 Å². The summed E-state index contributed by atoms with van der Waals surface area (Å²) in [6.45, 7) is 0.736. The zero-order valence-electron chi connectivity index (χ0n) is 11.5. The molecule has 0 aliphatic rings. The minimum atomic E-state index is -0.986. The van der Waals surface area contributed by atoms with Gasteiger partial charge in [0.25, 0.3) is 0 Å². The predicted molar refractivity (Wildman–Crippen MR) is 66.7 cm³/mol. The molecule has 6 nitrogen and oxygen atoms in total. The Morgan fingerprint density at radius 1 is 1.30 bits per heavy atom. The van der Waals surface area contributed by atoms with Gasteiger partial charge in [0.05, 0.1) is 6.20 Å². The molecular formula is C13H15N4NaO2. The zero-order chi connectivity index (χ0) is 13.5. The fourth-order valence-corrected chi connectivity index (χ4v) is 1.77. The van der Waals surface area contributed by atoms with Gasteiger partial charge in [-0.2, -0.15) is 0 Å². The molecule has 0 saturated heterocycles. The maximum atomic E-state index is 10.2. The van der Waals surface area contributed by atoms with Crippen LogP contribution in [0.4, 0.5) is 0 Å². The van der Waals surface area contributed by atoms with E-state index in [1.807, 2.05) is 18.3 Å². The number of nitrogens with zero attached hydrogens (tertiary/aromatic N) is 4. The Hall–Kier alpha value is -1.24. The summed E-state index contributed by atoms with van der Waals surface area (Å²) in [7, 11) is 0. The van der Waals surface area contributed by atoms with Crippen molar-refractivity contribution in [3.05, 3.63) is 30.7 Å². The standard InChI is InChI=1S/C13H16N4O2.Na/c18-13(19)6-2-1-3-8-17-10-12(15-16-17)11-5-4-7-14-9-11;/h4-5,7,9-10H,1-3,6,8H2,(H,18,19);/q;+1/p-1. The van der Waals surface area contributed by atoms with Gasteiger partial charge in [-0.15, -0.1) is 5.10 Å². The minimum absolute atomic E-state index is 0. The van der Waals surface area contributed by atoms with Crippen molar-refractivity contribution in [3.63, 3.8) is 0 Å². The van der Waals surface area contributed by atoms with Crippen LogP contribution in [-0.2, 0) is 11.3 Å². The van der Waals surface area contributed by atoms with E-state index in [1.165, 1.54) is 0 Å². The van der Waals surface area contributed by atoms with E-state index in [0.717, 1.165) is 30.6 Å². The third kappa shape index (κ3) is 5.40. The van der Waals surface area contributed by atoms with Crippen molar-refractivity contribution in [1.29, 1.82) is 0 Å². The van der Waals surface area contributed by atoms with Crippen molar-refractivity contribution < 1.29 is 39.5 Å². The molecule has 0 aromatic carbocycles. The number of aliphatic carboxylic acids is 1. The van der Waals surface area contributed by atoms with Crippen LogP contribution in [0.1, 0.15) is 25.7 Å². The normalized spacial score (nSPS) is 10.0. The Labute approximate surface area is 139 Å². The maximum absolute atomic E-state index is 10.2. The minimum Gasteiger partial charge on any atom is -0.550 e. The fraction of sp³-hybridized carbons (Fsp3) is 0.385. The van der Waals surface area contributed by atoms with Crippen LogP contribution in [0.15, 0.2) is 30.7 Å². The Balaban J connectivity index is 0.00000200. The van der Waals surface area contributed by atoms with Crippen molar-refractivity contribution in [1.82, 2.24) is 20.0 Å². The largest absolute Gasteiger partial charge is 1.00 e. The summed E-state index contributed by atoms with van der Waals surface area (Å²) >= 11 is 0. The molecule has 0 saturated carbocycles. The van der Waals surface area contributed by atoms with Crippen LogP contribution < -0.4 is 34.7 Å². The van der Waals surface area contributed by atoms with Gasteiger partial charge < -0.3 is 9.90 Å². The Kier molecular flexibility index (Phi) is 7.43. The van der Waals surface area contributed by atoms with Gasteiger partial charge in [-0.05, 0) is 31.4 Å². The van der Waals surface area contributed by atoms with Gasteiger partial charge >= 0.3 is 29.6 Å². The van der Waals surface area contributed by atoms with Crippen LogP contribution in [-0.4, -0.2) is 25.9 Å². The molecule has 2 aromatic rings. The average Bonchev–Trinajstić information content (AvgIpc) is 2.88. The monoisotopic (exact) mass is 282 g/mol. The second-order valence-corrected chi connectivity index (χ2v) is 4.29. The predicted octanol–water partition coefficient (Wildman–Crippen LogP) is -2.35. The first kappa shape index (κ1) is 16.8. The number of carboxylic acids is 1. The third-order valence-corrected chi connectivity index (χ3v) is 2.76. The van der Waals surface area contributed by atoms with E-state index in [9.17, 15) is 9.90 Å². The molecule has 0 fully saturated rings. The maximum Gasteiger partial charge on any atom is 1.00 e. The molecule has 0 radical (unpaired) electrons. The van der Waals surface area contributed by atoms with Crippen LogP contribution in [0.5, 0.6) is 0 Å². The van der Waals surface area contributed by atoms with Crippen molar-refractivity contribution in [2.24, 2.45) is 0 Å². The molecule has 2 aromatic heterocycles. The van der Waals surface area contributed by atoms with Crippen LogP contribution >= 0.6 is 0 Å². The van der Waals surface area contributed by atoms with E-state index in [4.69, 9.17) is 0 Å². The fourth-order valence-electron chi connectivity index (χ4n) is 1.77. The van der Waals surface area contributed by atoms with Crippen LogP contribution in [0, 0.1) is 0 Å². The summed E-state index contributed by atoms with van der Waals surface area (Å²) in [5.41, 5.74) is 1.73. The second-order valence-electron chi connectivity index (χ2n) is 4.29. The number of carbonyl (C=O) groups excluding carboxylic acids is 1. The molecule has 100 valence electrons. The van der Waals surface area contributed by atoms with Gasteiger partial charge in [0, 0.05) is 30.5 Å². The summed E-state index contributed by atoms with van der Waals surface area (Å²) < 4.78 is 1.77. The van der Waals surface area contributed by atoms with Gasteiger partial charge in [0.1, 0.15) is 5.69 Å². The number of hydrogen-bond donors (Lipinski definition) is 0.